The lowest BCUT2D eigenvalue weighted by molar-refractivity contribution is 0.118. The highest BCUT2D eigenvalue weighted by Gasteiger charge is 2.18. The Morgan fingerprint density at radius 2 is 2.08 bits per heavy atom. The average Bonchev–Trinajstić information content (AvgIpc) is 3.03. The number of rotatable bonds is 7. The van der Waals surface area contributed by atoms with E-state index in [4.69, 9.17) is 4.42 Å². The normalized spacial score (nSPS) is 14.0. The number of aromatic nitrogens is 1. The van der Waals surface area contributed by atoms with Crippen LogP contribution in [-0.4, -0.2) is 28.5 Å². The summed E-state index contributed by atoms with van der Waals surface area (Å²) < 4.78 is 18.5. The zero-order chi connectivity index (χ0) is 18.4. The monoisotopic (exact) mass is 342 g/mol. The fraction of sp³-hybridized carbons (Fsp3) is 0.300. The molecule has 0 bridgehead atoms. The van der Waals surface area contributed by atoms with Gasteiger partial charge in [-0.05, 0) is 43.7 Å². The van der Waals surface area contributed by atoms with Gasteiger partial charge in [-0.2, -0.15) is 0 Å². The van der Waals surface area contributed by atoms with E-state index >= 15 is 0 Å². The van der Waals surface area contributed by atoms with Crippen LogP contribution < -0.4 is 0 Å². The number of aliphatic hydroxyl groups is 1. The van der Waals surface area contributed by atoms with Crippen molar-refractivity contribution in [1.29, 1.82) is 0 Å². The predicted octanol–water partition coefficient (Wildman–Crippen LogP) is 4.54. The van der Waals surface area contributed by atoms with Gasteiger partial charge in [-0.1, -0.05) is 25.7 Å². The molecule has 0 saturated heterocycles. The fourth-order valence-corrected chi connectivity index (χ4v) is 2.20. The highest BCUT2D eigenvalue weighted by atomic mass is 19.1. The number of allylic oxidation sites excluding steroid dienone is 2. The van der Waals surface area contributed by atoms with Crippen molar-refractivity contribution in [2.24, 2.45) is 4.99 Å². The van der Waals surface area contributed by atoms with Gasteiger partial charge in [-0.3, -0.25) is 4.99 Å². The summed E-state index contributed by atoms with van der Waals surface area (Å²) in [5.74, 6) is 0.0925. The second-order valence-electron chi connectivity index (χ2n) is 6.35. The highest BCUT2D eigenvalue weighted by Crippen LogP contribution is 2.22. The molecule has 5 heteroatoms. The van der Waals surface area contributed by atoms with Crippen LogP contribution in [0.2, 0.25) is 0 Å². The van der Waals surface area contributed by atoms with Gasteiger partial charge >= 0.3 is 0 Å². The topological polar surface area (TPSA) is 58.6 Å². The molecule has 0 aliphatic carbocycles. The van der Waals surface area contributed by atoms with Crippen LogP contribution in [-0.2, 0) is 0 Å². The van der Waals surface area contributed by atoms with Crippen molar-refractivity contribution in [3.63, 3.8) is 0 Å². The maximum absolute atomic E-state index is 13.0. The quantitative estimate of drug-likeness (QED) is 0.594. The Morgan fingerprint density at radius 1 is 1.40 bits per heavy atom. The minimum atomic E-state index is -0.946. The van der Waals surface area contributed by atoms with Gasteiger partial charge in [0.25, 0.3) is 0 Å². The van der Waals surface area contributed by atoms with Crippen molar-refractivity contribution < 1.29 is 13.9 Å². The molecule has 0 spiro atoms. The summed E-state index contributed by atoms with van der Waals surface area (Å²) in [5.41, 5.74) is 1.28. The summed E-state index contributed by atoms with van der Waals surface area (Å²) in [6.45, 7) is 9.42. The van der Waals surface area contributed by atoms with E-state index in [1.165, 1.54) is 12.1 Å². The standard InChI is InChI=1S/C20H23FN2O2/c1-5-6-16(20(3,4)24)12-22-11-14(2)18-13-25-19(23-18)15-7-9-17(21)10-8-15/h5-11,13-14,24H,1,12H2,2-4H3/b16-6+,22-11?. The number of hydrogen-bond acceptors (Lipinski definition) is 4. The third-order valence-electron chi connectivity index (χ3n) is 3.78. The molecule has 25 heavy (non-hydrogen) atoms. The number of benzene rings is 1. The summed E-state index contributed by atoms with van der Waals surface area (Å²) in [5, 5.41) is 10.1. The van der Waals surface area contributed by atoms with Gasteiger partial charge < -0.3 is 9.52 Å². The molecule has 0 aliphatic rings. The summed E-state index contributed by atoms with van der Waals surface area (Å²) in [6.07, 6.45) is 6.75. The average molecular weight is 342 g/mol. The molecule has 0 aliphatic heterocycles. The number of aliphatic imine (C=N–C) groups is 1. The first-order valence-corrected chi connectivity index (χ1v) is 8.07. The van der Waals surface area contributed by atoms with E-state index in [0.717, 1.165) is 16.8 Å². The maximum atomic E-state index is 13.0. The van der Waals surface area contributed by atoms with Crippen LogP contribution in [0.15, 0.2) is 64.2 Å². The number of nitrogens with zero attached hydrogens (tertiary/aromatic N) is 2. The zero-order valence-corrected chi connectivity index (χ0v) is 14.7. The van der Waals surface area contributed by atoms with Crippen molar-refractivity contribution in [2.75, 3.05) is 6.54 Å². The molecule has 2 aromatic rings. The first-order chi connectivity index (χ1) is 11.8. The van der Waals surface area contributed by atoms with E-state index in [0.29, 0.717) is 12.4 Å². The summed E-state index contributed by atoms with van der Waals surface area (Å²) in [6, 6.07) is 5.99. The molecule has 1 atom stereocenters. The fourth-order valence-electron chi connectivity index (χ4n) is 2.20. The summed E-state index contributed by atoms with van der Waals surface area (Å²) in [4.78, 5) is 8.83. The first-order valence-electron chi connectivity index (χ1n) is 8.07. The molecule has 0 fully saturated rings. The molecule has 2 rings (SSSR count). The zero-order valence-electron chi connectivity index (χ0n) is 14.7. The minimum absolute atomic E-state index is 0.0512. The molecule has 1 heterocycles. The first kappa shape index (κ1) is 18.8. The van der Waals surface area contributed by atoms with E-state index in [2.05, 4.69) is 16.6 Å². The van der Waals surface area contributed by atoms with E-state index < -0.39 is 5.60 Å². The smallest absolute Gasteiger partial charge is 0.226 e. The molecule has 0 saturated carbocycles. The van der Waals surface area contributed by atoms with Crippen LogP contribution in [0.25, 0.3) is 11.5 Å². The molecular weight excluding hydrogens is 319 g/mol. The third-order valence-corrected chi connectivity index (χ3v) is 3.78. The van der Waals surface area contributed by atoms with Gasteiger partial charge in [-0.15, -0.1) is 0 Å². The van der Waals surface area contributed by atoms with Crippen molar-refractivity contribution in [2.45, 2.75) is 32.3 Å². The molecule has 1 aromatic heterocycles. The maximum Gasteiger partial charge on any atom is 0.226 e. The van der Waals surface area contributed by atoms with Gasteiger partial charge in [-0.25, -0.2) is 9.37 Å². The number of oxazole rings is 1. The Balaban J connectivity index is 2.06. The van der Waals surface area contributed by atoms with Gasteiger partial charge in [0, 0.05) is 17.7 Å². The number of hydrogen-bond donors (Lipinski definition) is 1. The Hall–Kier alpha value is -2.53. The van der Waals surface area contributed by atoms with E-state index in [1.54, 1.807) is 50.6 Å². The molecule has 1 unspecified atom stereocenters. The Bertz CT molecular complexity index is 768. The van der Waals surface area contributed by atoms with Gasteiger partial charge in [0.1, 0.15) is 12.1 Å². The molecule has 1 N–H and O–H groups in total. The van der Waals surface area contributed by atoms with Crippen molar-refractivity contribution in [1.82, 2.24) is 4.98 Å². The second-order valence-corrected chi connectivity index (χ2v) is 6.35. The lowest BCUT2D eigenvalue weighted by atomic mass is 9.98. The van der Waals surface area contributed by atoms with Crippen LogP contribution in [0.1, 0.15) is 32.4 Å². The Kier molecular flexibility index (Phi) is 6.04. The van der Waals surface area contributed by atoms with Gasteiger partial charge in [0.05, 0.1) is 17.8 Å². The lowest BCUT2D eigenvalue weighted by Crippen LogP contribution is -2.23. The van der Waals surface area contributed by atoms with E-state index in [9.17, 15) is 9.50 Å². The lowest BCUT2D eigenvalue weighted by Gasteiger charge is -2.20. The van der Waals surface area contributed by atoms with Crippen molar-refractivity contribution in [3.8, 4) is 11.5 Å². The summed E-state index contributed by atoms with van der Waals surface area (Å²) >= 11 is 0. The number of halogens is 1. The van der Waals surface area contributed by atoms with Crippen molar-refractivity contribution >= 4 is 6.21 Å². The van der Waals surface area contributed by atoms with Crippen LogP contribution in [0.5, 0.6) is 0 Å². The molecule has 1 aromatic carbocycles. The molecule has 4 nitrogen and oxygen atoms in total. The molecule has 0 amide bonds. The summed E-state index contributed by atoms with van der Waals surface area (Å²) in [7, 11) is 0. The second kappa shape index (κ2) is 8.03. The van der Waals surface area contributed by atoms with E-state index in [-0.39, 0.29) is 11.7 Å². The van der Waals surface area contributed by atoms with Gasteiger partial charge in [0.15, 0.2) is 0 Å². The van der Waals surface area contributed by atoms with Crippen LogP contribution in [0.4, 0.5) is 4.39 Å². The highest BCUT2D eigenvalue weighted by molar-refractivity contribution is 5.67. The van der Waals surface area contributed by atoms with Crippen LogP contribution in [0, 0.1) is 5.82 Å². The van der Waals surface area contributed by atoms with Gasteiger partial charge in [0.2, 0.25) is 5.89 Å². The third kappa shape index (κ3) is 5.22. The largest absolute Gasteiger partial charge is 0.444 e. The SMILES string of the molecule is C=C/C=C(\CN=CC(C)c1coc(-c2ccc(F)cc2)n1)C(C)(C)O. The Labute approximate surface area is 147 Å². The Morgan fingerprint density at radius 3 is 2.68 bits per heavy atom. The molecular formula is C20H23FN2O2. The van der Waals surface area contributed by atoms with Crippen molar-refractivity contribution in [3.05, 3.63) is 66.3 Å². The molecule has 132 valence electrons. The molecule has 0 radical (unpaired) electrons. The minimum Gasteiger partial charge on any atom is -0.444 e. The van der Waals surface area contributed by atoms with E-state index in [1.807, 2.05) is 6.92 Å². The predicted molar refractivity (Wildman–Crippen MR) is 98.2 cm³/mol. The van der Waals surface area contributed by atoms with Crippen LogP contribution >= 0.6 is 0 Å². The van der Waals surface area contributed by atoms with Crippen LogP contribution in [0.3, 0.4) is 0 Å².